The molecule has 2 N–H and O–H groups in total. The number of ether oxygens (including phenoxy) is 1. The fraction of sp³-hybridized carbons (Fsp3) is 0.346. The molecule has 0 spiro atoms. The number of rotatable bonds is 4. The third kappa shape index (κ3) is 3.51. The lowest BCUT2D eigenvalue weighted by molar-refractivity contribution is 0.371. The average molecular weight is 479 g/mol. The number of aromatic nitrogens is 3. The first-order chi connectivity index (χ1) is 16.2. The van der Waals surface area contributed by atoms with Crippen LogP contribution in [-0.4, -0.2) is 34.2 Å². The summed E-state index contributed by atoms with van der Waals surface area (Å²) < 4.78 is 6.95. The second-order valence-corrected chi connectivity index (χ2v) is 9.11. The standard InChI is InChI=1S/C26H26N4O3.ClH/c1-33-21-6-2-5-18-17(21)9-8-16-14-28-20(22(16)18)11-13-30-25(31)19-10-7-15-4-3-12-27-23(15)24(19)29-26(30)32;/h2-7,10,12,16,20,22,28H,8-9,11,13-14H2,1H3,(H,29,32);1H/t16-,20?,22+;/m0./s1. The number of fused-ring (bicyclic) bond motifs is 6. The first-order valence-electron chi connectivity index (χ1n) is 11.6. The van der Waals surface area contributed by atoms with E-state index in [2.05, 4.69) is 27.4 Å². The number of hydrogen-bond acceptors (Lipinski definition) is 5. The zero-order chi connectivity index (χ0) is 22.5. The maximum Gasteiger partial charge on any atom is 0.328 e. The van der Waals surface area contributed by atoms with Crippen molar-refractivity contribution in [1.29, 1.82) is 0 Å². The number of H-pyrrole nitrogens is 1. The second kappa shape index (κ2) is 8.89. The van der Waals surface area contributed by atoms with E-state index < -0.39 is 0 Å². The number of hydrogen-bond donors (Lipinski definition) is 2. The minimum absolute atomic E-state index is 0. The number of halogens is 1. The molecule has 0 radical (unpaired) electrons. The number of pyridine rings is 1. The monoisotopic (exact) mass is 478 g/mol. The molecule has 0 bridgehead atoms. The van der Waals surface area contributed by atoms with Gasteiger partial charge in [0.2, 0.25) is 0 Å². The van der Waals surface area contributed by atoms with Crippen molar-refractivity contribution in [2.45, 2.75) is 37.8 Å². The largest absolute Gasteiger partial charge is 0.496 e. The lowest BCUT2D eigenvalue weighted by atomic mass is 9.73. The lowest BCUT2D eigenvalue weighted by Crippen LogP contribution is -2.38. The van der Waals surface area contributed by atoms with E-state index in [-0.39, 0.29) is 29.7 Å². The minimum atomic E-state index is -0.383. The number of nitrogens with zero attached hydrogens (tertiary/aromatic N) is 2. The highest BCUT2D eigenvalue weighted by Gasteiger charge is 2.40. The van der Waals surface area contributed by atoms with E-state index >= 15 is 0 Å². The Morgan fingerprint density at radius 3 is 2.88 bits per heavy atom. The van der Waals surface area contributed by atoms with Crippen molar-refractivity contribution in [3.63, 3.8) is 0 Å². The summed E-state index contributed by atoms with van der Waals surface area (Å²) in [6.07, 6.45) is 4.53. The first-order valence-corrected chi connectivity index (χ1v) is 11.6. The topological polar surface area (TPSA) is 89.0 Å². The normalized spacial score (nSPS) is 21.1. The third-order valence-electron chi connectivity index (χ3n) is 7.49. The SMILES string of the molecule is COc1cccc2c1CC[C@H]1CNC(CCn3c(=O)[nH]c4c(ccc5cccnc54)c3=O)[C@@H]21.Cl. The van der Waals surface area contributed by atoms with Crippen molar-refractivity contribution in [3.05, 3.63) is 80.6 Å². The predicted octanol–water partition coefficient (Wildman–Crippen LogP) is 3.38. The molecule has 1 aliphatic carbocycles. The van der Waals surface area contributed by atoms with Crippen molar-refractivity contribution in [2.24, 2.45) is 5.92 Å². The van der Waals surface area contributed by atoms with Gasteiger partial charge >= 0.3 is 5.69 Å². The van der Waals surface area contributed by atoms with Crippen molar-refractivity contribution in [1.82, 2.24) is 19.9 Å². The highest BCUT2D eigenvalue weighted by Crippen LogP contribution is 2.45. The van der Waals surface area contributed by atoms with E-state index in [0.29, 0.717) is 41.2 Å². The van der Waals surface area contributed by atoms with Crippen LogP contribution >= 0.6 is 12.4 Å². The van der Waals surface area contributed by atoms with E-state index in [1.807, 2.05) is 24.3 Å². The van der Waals surface area contributed by atoms with Crippen LogP contribution in [0.2, 0.25) is 0 Å². The van der Waals surface area contributed by atoms with E-state index in [4.69, 9.17) is 4.74 Å². The molecule has 6 rings (SSSR count). The van der Waals surface area contributed by atoms with Gasteiger partial charge in [0, 0.05) is 30.1 Å². The summed E-state index contributed by atoms with van der Waals surface area (Å²) in [5.41, 5.74) is 3.15. The molecule has 4 aromatic rings. The van der Waals surface area contributed by atoms with E-state index in [9.17, 15) is 9.59 Å². The van der Waals surface area contributed by atoms with Crippen LogP contribution in [-0.2, 0) is 13.0 Å². The van der Waals surface area contributed by atoms with E-state index in [1.165, 1.54) is 15.7 Å². The first kappa shape index (κ1) is 22.6. The molecule has 2 aliphatic rings. The maximum atomic E-state index is 13.2. The molecule has 0 amide bonds. The quantitative estimate of drug-likeness (QED) is 0.439. The second-order valence-electron chi connectivity index (χ2n) is 9.11. The van der Waals surface area contributed by atoms with Gasteiger partial charge in [0.15, 0.2) is 0 Å². The molecule has 0 saturated carbocycles. The van der Waals surface area contributed by atoms with Crippen LogP contribution in [0.5, 0.6) is 5.75 Å². The smallest absolute Gasteiger partial charge is 0.328 e. The van der Waals surface area contributed by atoms with Crippen molar-refractivity contribution < 1.29 is 4.74 Å². The molecule has 34 heavy (non-hydrogen) atoms. The zero-order valence-corrected chi connectivity index (χ0v) is 19.7. The van der Waals surface area contributed by atoms with E-state index in [1.54, 1.807) is 19.4 Å². The molecule has 2 aromatic heterocycles. The van der Waals surface area contributed by atoms with Crippen LogP contribution in [0.15, 0.2) is 58.3 Å². The van der Waals surface area contributed by atoms with Crippen LogP contribution < -0.4 is 21.3 Å². The van der Waals surface area contributed by atoms with Gasteiger partial charge in [-0.15, -0.1) is 12.4 Å². The predicted molar refractivity (Wildman–Crippen MR) is 135 cm³/mol. The van der Waals surface area contributed by atoms with Gasteiger partial charge in [0.25, 0.3) is 5.56 Å². The Kier molecular flexibility index (Phi) is 5.91. The summed E-state index contributed by atoms with van der Waals surface area (Å²) in [4.78, 5) is 33.4. The summed E-state index contributed by atoms with van der Waals surface area (Å²) in [5.74, 6) is 1.89. The Bertz CT molecular complexity index is 1500. The molecule has 1 aliphatic heterocycles. The summed E-state index contributed by atoms with van der Waals surface area (Å²) in [6.45, 7) is 1.33. The third-order valence-corrected chi connectivity index (χ3v) is 7.49. The Morgan fingerprint density at radius 1 is 1.15 bits per heavy atom. The van der Waals surface area contributed by atoms with Gasteiger partial charge < -0.3 is 15.0 Å². The van der Waals surface area contributed by atoms with Crippen molar-refractivity contribution in [2.75, 3.05) is 13.7 Å². The number of nitrogens with one attached hydrogen (secondary N) is 2. The molecule has 8 heteroatoms. The molecular formula is C26H27ClN4O3. The van der Waals surface area contributed by atoms with Gasteiger partial charge in [-0.3, -0.25) is 14.3 Å². The zero-order valence-electron chi connectivity index (χ0n) is 18.9. The van der Waals surface area contributed by atoms with Crippen LogP contribution in [0, 0.1) is 5.92 Å². The maximum absolute atomic E-state index is 13.2. The molecule has 7 nitrogen and oxygen atoms in total. The lowest BCUT2D eigenvalue weighted by Gasteiger charge is -2.32. The Hall–Kier alpha value is -3.16. The number of aromatic amines is 1. The summed E-state index contributed by atoms with van der Waals surface area (Å²) >= 11 is 0. The summed E-state index contributed by atoms with van der Waals surface area (Å²) in [7, 11) is 1.73. The summed E-state index contributed by atoms with van der Waals surface area (Å²) in [5, 5.41) is 5.05. The Balaban J connectivity index is 0.00000241. The summed E-state index contributed by atoms with van der Waals surface area (Å²) in [6, 6.07) is 13.9. The fourth-order valence-corrected chi connectivity index (χ4v) is 5.94. The fourth-order valence-electron chi connectivity index (χ4n) is 5.94. The highest BCUT2D eigenvalue weighted by atomic mass is 35.5. The molecular weight excluding hydrogens is 452 g/mol. The van der Waals surface area contributed by atoms with Crippen LogP contribution in [0.25, 0.3) is 21.8 Å². The Morgan fingerprint density at radius 2 is 2.03 bits per heavy atom. The van der Waals surface area contributed by atoms with Gasteiger partial charge in [0.1, 0.15) is 5.75 Å². The van der Waals surface area contributed by atoms with Crippen LogP contribution in [0.3, 0.4) is 0 Å². The molecule has 1 unspecified atom stereocenters. The molecule has 1 fully saturated rings. The highest BCUT2D eigenvalue weighted by molar-refractivity contribution is 6.02. The van der Waals surface area contributed by atoms with Gasteiger partial charge in [-0.25, -0.2) is 4.79 Å². The average Bonchev–Trinajstić information content (AvgIpc) is 3.27. The van der Waals surface area contributed by atoms with Crippen LogP contribution in [0.1, 0.15) is 29.9 Å². The molecule has 176 valence electrons. The van der Waals surface area contributed by atoms with Crippen molar-refractivity contribution >= 4 is 34.2 Å². The van der Waals surface area contributed by atoms with Crippen LogP contribution in [0.4, 0.5) is 0 Å². The number of benzene rings is 2. The number of methoxy groups -OCH3 is 1. The van der Waals surface area contributed by atoms with Gasteiger partial charge in [-0.1, -0.05) is 24.3 Å². The molecule has 1 saturated heterocycles. The molecule has 2 aromatic carbocycles. The Labute approximate surface area is 202 Å². The van der Waals surface area contributed by atoms with Gasteiger partial charge in [-0.05, 0) is 61.1 Å². The van der Waals surface area contributed by atoms with Crippen molar-refractivity contribution in [3.8, 4) is 5.75 Å². The minimum Gasteiger partial charge on any atom is -0.496 e. The van der Waals surface area contributed by atoms with Gasteiger partial charge in [-0.2, -0.15) is 0 Å². The molecule has 3 atom stereocenters. The van der Waals surface area contributed by atoms with E-state index in [0.717, 1.165) is 30.5 Å². The van der Waals surface area contributed by atoms with Gasteiger partial charge in [0.05, 0.1) is 23.5 Å². The molecule has 3 heterocycles.